The van der Waals surface area contributed by atoms with E-state index in [1.165, 1.54) is 21.3 Å². The molecule has 0 saturated heterocycles. The standard InChI is InChI=1S/C22H23NO5/c1-15-7-9-16(10-8-15)23(14-17-6-5-11-28-17)22(24)18-12-20(26-3)21(27-4)13-19(18)25-2/h5-13H,14H2,1-4H3. The van der Waals surface area contributed by atoms with Crippen molar-refractivity contribution in [3.63, 3.8) is 0 Å². The molecule has 3 aromatic rings. The van der Waals surface area contributed by atoms with Crippen molar-refractivity contribution in [1.29, 1.82) is 0 Å². The zero-order valence-corrected chi connectivity index (χ0v) is 16.4. The number of aryl methyl sites for hydroxylation is 1. The van der Waals surface area contributed by atoms with Gasteiger partial charge in [0.25, 0.3) is 5.91 Å². The van der Waals surface area contributed by atoms with E-state index < -0.39 is 0 Å². The monoisotopic (exact) mass is 381 g/mol. The molecule has 0 radical (unpaired) electrons. The van der Waals surface area contributed by atoms with Crippen molar-refractivity contribution in [1.82, 2.24) is 0 Å². The zero-order valence-electron chi connectivity index (χ0n) is 16.4. The highest BCUT2D eigenvalue weighted by atomic mass is 16.5. The summed E-state index contributed by atoms with van der Waals surface area (Å²) in [5.41, 5.74) is 2.23. The number of hydrogen-bond acceptors (Lipinski definition) is 5. The number of ether oxygens (including phenoxy) is 3. The average molecular weight is 381 g/mol. The number of rotatable bonds is 7. The fourth-order valence-electron chi connectivity index (χ4n) is 2.91. The van der Waals surface area contributed by atoms with E-state index in [1.807, 2.05) is 37.3 Å². The van der Waals surface area contributed by atoms with Crippen LogP contribution >= 0.6 is 0 Å². The number of nitrogens with zero attached hydrogens (tertiary/aromatic N) is 1. The van der Waals surface area contributed by atoms with Gasteiger partial charge in [-0.25, -0.2) is 0 Å². The highest BCUT2D eigenvalue weighted by Gasteiger charge is 2.25. The van der Waals surface area contributed by atoms with Gasteiger partial charge in [0.05, 0.1) is 39.7 Å². The van der Waals surface area contributed by atoms with Gasteiger partial charge in [0.1, 0.15) is 11.5 Å². The van der Waals surface area contributed by atoms with Crippen molar-refractivity contribution < 1.29 is 23.4 Å². The predicted molar refractivity (Wildman–Crippen MR) is 106 cm³/mol. The molecule has 146 valence electrons. The third-order valence-corrected chi connectivity index (χ3v) is 4.42. The molecule has 0 atom stereocenters. The summed E-state index contributed by atoms with van der Waals surface area (Å²) in [4.78, 5) is 15.2. The average Bonchev–Trinajstić information content (AvgIpc) is 3.24. The van der Waals surface area contributed by atoms with Gasteiger partial charge in [-0.05, 0) is 31.2 Å². The number of furan rings is 1. The largest absolute Gasteiger partial charge is 0.496 e. The molecule has 0 bridgehead atoms. The van der Waals surface area contributed by atoms with Crippen LogP contribution in [0.15, 0.2) is 59.2 Å². The van der Waals surface area contributed by atoms with E-state index in [-0.39, 0.29) is 12.5 Å². The van der Waals surface area contributed by atoms with Crippen molar-refractivity contribution in [2.24, 2.45) is 0 Å². The van der Waals surface area contributed by atoms with Gasteiger partial charge in [0.2, 0.25) is 0 Å². The van der Waals surface area contributed by atoms with Crippen molar-refractivity contribution in [2.75, 3.05) is 26.2 Å². The second-order valence-electron chi connectivity index (χ2n) is 6.21. The van der Waals surface area contributed by atoms with Gasteiger partial charge in [0.15, 0.2) is 11.5 Å². The molecule has 0 saturated carbocycles. The Morgan fingerprint density at radius 2 is 1.57 bits per heavy atom. The molecule has 0 spiro atoms. The maximum Gasteiger partial charge on any atom is 0.262 e. The Morgan fingerprint density at radius 1 is 0.929 bits per heavy atom. The highest BCUT2D eigenvalue weighted by Crippen LogP contribution is 2.36. The maximum atomic E-state index is 13.5. The van der Waals surface area contributed by atoms with Crippen LogP contribution in [0.1, 0.15) is 21.7 Å². The number of carbonyl (C=O) groups is 1. The van der Waals surface area contributed by atoms with E-state index in [0.29, 0.717) is 28.6 Å². The molecule has 0 fully saturated rings. The van der Waals surface area contributed by atoms with Gasteiger partial charge in [-0.15, -0.1) is 0 Å². The smallest absolute Gasteiger partial charge is 0.262 e. The fraction of sp³-hybridized carbons (Fsp3) is 0.227. The first-order valence-corrected chi connectivity index (χ1v) is 8.78. The van der Waals surface area contributed by atoms with E-state index in [9.17, 15) is 4.79 Å². The number of methoxy groups -OCH3 is 3. The Hall–Kier alpha value is -3.41. The van der Waals surface area contributed by atoms with Crippen LogP contribution in [0.3, 0.4) is 0 Å². The molecular weight excluding hydrogens is 358 g/mol. The first-order chi connectivity index (χ1) is 13.6. The lowest BCUT2D eigenvalue weighted by molar-refractivity contribution is 0.0980. The summed E-state index contributed by atoms with van der Waals surface area (Å²) in [5, 5.41) is 0. The molecule has 0 aliphatic carbocycles. The van der Waals surface area contributed by atoms with E-state index >= 15 is 0 Å². The lowest BCUT2D eigenvalue weighted by Crippen LogP contribution is -2.30. The van der Waals surface area contributed by atoms with Crippen molar-refractivity contribution >= 4 is 11.6 Å². The molecular formula is C22H23NO5. The topological polar surface area (TPSA) is 61.1 Å². The van der Waals surface area contributed by atoms with Crippen LogP contribution in [-0.4, -0.2) is 27.2 Å². The van der Waals surface area contributed by atoms with Crippen LogP contribution in [0.4, 0.5) is 5.69 Å². The van der Waals surface area contributed by atoms with Crippen LogP contribution in [0.25, 0.3) is 0 Å². The van der Waals surface area contributed by atoms with E-state index in [4.69, 9.17) is 18.6 Å². The van der Waals surface area contributed by atoms with Gasteiger partial charge in [0, 0.05) is 17.8 Å². The molecule has 6 heteroatoms. The third kappa shape index (κ3) is 3.96. The van der Waals surface area contributed by atoms with Gasteiger partial charge >= 0.3 is 0 Å². The number of carbonyl (C=O) groups excluding carboxylic acids is 1. The molecule has 6 nitrogen and oxygen atoms in total. The number of hydrogen-bond donors (Lipinski definition) is 0. The molecule has 0 N–H and O–H groups in total. The summed E-state index contributed by atoms with van der Waals surface area (Å²) in [5.74, 6) is 1.78. The predicted octanol–water partition coefficient (Wildman–Crippen LogP) is 4.46. The quantitative estimate of drug-likeness (QED) is 0.605. The van der Waals surface area contributed by atoms with Gasteiger partial charge in [-0.1, -0.05) is 17.7 Å². The molecule has 0 aliphatic heterocycles. The van der Waals surface area contributed by atoms with Crippen molar-refractivity contribution in [3.05, 3.63) is 71.7 Å². The number of anilines is 1. The molecule has 28 heavy (non-hydrogen) atoms. The zero-order chi connectivity index (χ0) is 20.1. The molecule has 1 heterocycles. The first-order valence-electron chi connectivity index (χ1n) is 8.78. The van der Waals surface area contributed by atoms with Crippen LogP contribution in [0.5, 0.6) is 17.2 Å². The molecule has 1 amide bonds. The van der Waals surface area contributed by atoms with Crippen LogP contribution in [0, 0.1) is 6.92 Å². The van der Waals surface area contributed by atoms with E-state index in [1.54, 1.807) is 29.4 Å². The minimum absolute atomic E-state index is 0.238. The van der Waals surface area contributed by atoms with Crippen molar-refractivity contribution in [2.45, 2.75) is 13.5 Å². The minimum Gasteiger partial charge on any atom is -0.496 e. The number of benzene rings is 2. The summed E-state index contributed by atoms with van der Waals surface area (Å²) in [6.45, 7) is 2.28. The summed E-state index contributed by atoms with van der Waals surface area (Å²) < 4.78 is 21.6. The first kappa shape index (κ1) is 19.4. The van der Waals surface area contributed by atoms with Gasteiger partial charge in [-0.2, -0.15) is 0 Å². The molecule has 0 aliphatic rings. The minimum atomic E-state index is -0.238. The summed E-state index contributed by atoms with van der Waals surface area (Å²) in [6.07, 6.45) is 1.59. The second-order valence-corrected chi connectivity index (χ2v) is 6.21. The maximum absolute atomic E-state index is 13.5. The Kier molecular flexibility index (Phi) is 5.89. The van der Waals surface area contributed by atoms with Crippen LogP contribution in [0.2, 0.25) is 0 Å². The van der Waals surface area contributed by atoms with Crippen LogP contribution in [-0.2, 0) is 6.54 Å². The van der Waals surface area contributed by atoms with Gasteiger partial charge < -0.3 is 23.5 Å². The molecule has 0 unspecified atom stereocenters. The summed E-state index contributed by atoms with van der Waals surface area (Å²) in [7, 11) is 4.58. The van der Waals surface area contributed by atoms with Gasteiger partial charge in [-0.3, -0.25) is 4.79 Å². The highest BCUT2D eigenvalue weighted by molar-refractivity contribution is 6.08. The molecule has 1 aromatic heterocycles. The second kappa shape index (κ2) is 8.52. The SMILES string of the molecule is COc1cc(OC)c(C(=O)N(Cc2ccco2)c2ccc(C)cc2)cc1OC. The lowest BCUT2D eigenvalue weighted by atomic mass is 10.1. The summed E-state index contributed by atoms with van der Waals surface area (Å²) in [6, 6.07) is 14.6. The number of amides is 1. The Bertz CT molecular complexity index is 932. The van der Waals surface area contributed by atoms with E-state index in [2.05, 4.69) is 0 Å². The van der Waals surface area contributed by atoms with Crippen LogP contribution < -0.4 is 19.1 Å². The van der Waals surface area contributed by atoms with E-state index in [0.717, 1.165) is 11.3 Å². The summed E-state index contributed by atoms with van der Waals surface area (Å²) >= 11 is 0. The fourth-order valence-corrected chi connectivity index (χ4v) is 2.91. The third-order valence-electron chi connectivity index (χ3n) is 4.42. The Labute approximate surface area is 164 Å². The van der Waals surface area contributed by atoms with Crippen molar-refractivity contribution in [3.8, 4) is 17.2 Å². The Balaban J connectivity index is 2.06. The Morgan fingerprint density at radius 3 is 2.14 bits per heavy atom. The molecule has 3 rings (SSSR count). The normalized spacial score (nSPS) is 10.4. The lowest BCUT2D eigenvalue weighted by Gasteiger charge is -2.24. The molecule has 2 aromatic carbocycles.